The number of hydrogen-bond donors (Lipinski definition) is 1. The average molecular weight is 156 g/mol. The largest absolute Gasteiger partial charge is 0.335 e. The number of amides is 3. The van der Waals surface area contributed by atoms with Crippen LogP contribution in [-0.4, -0.2) is 29.4 Å². The number of hydrogen-bond acceptors (Lipinski definition) is 2. The third-order valence-corrected chi connectivity index (χ3v) is 1.71. The third kappa shape index (κ3) is 1.50. The molecule has 1 unspecified atom stereocenters. The van der Waals surface area contributed by atoms with Crippen molar-refractivity contribution in [1.29, 1.82) is 0 Å². The smallest absolute Gasteiger partial charge is 0.324 e. The molecule has 1 saturated heterocycles. The Bertz CT molecular complexity index is 173. The second-order valence-electron chi connectivity index (χ2n) is 2.69. The maximum Gasteiger partial charge on any atom is 0.324 e. The van der Waals surface area contributed by atoms with E-state index in [1.54, 1.807) is 6.92 Å². The van der Waals surface area contributed by atoms with Crippen LogP contribution in [0.5, 0.6) is 0 Å². The molecule has 11 heavy (non-hydrogen) atoms. The van der Waals surface area contributed by atoms with Gasteiger partial charge in [-0.15, -0.1) is 0 Å². The molecule has 0 radical (unpaired) electrons. The number of nitrogens with one attached hydrogen (secondary N) is 1. The van der Waals surface area contributed by atoms with Crippen LogP contribution in [0.15, 0.2) is 0 Å². The van der Waals surface area contributed by atoms with Crippen LogP contribution in [0, 0.1) is 0 Å². The summed E-state index contributed by atoms with van der Waals surface area (Å²) in [5.74, 6) is -0.0799. The predicted octanol–water partition coefficient (Wildman–Crippen LogP) is 0.337. The predicted molar refractivity (Wildman–Crippen MR) is 40.0 cm³/mol. The Hall–Kier alpha value is -1.06. The van der Waals surface area contributed by atoms with Crippen molar-refractivity contribution in [3.05, 3.63) is 0 Å². The first-order chi connectivity index (χ1) is 5.15. The molecular weight excluding hydrogens is 144 g/mol. The molecule has 1 atom stereocenters. The monoisotopic (exact) mass is 156 g/mol. The fraction of sp³-hybridized carbons (Fsp3) is 0.714. The van der Waals surface area contributed by atoms with E-state index < -0.39 is 0 Å². The van der Waals surface area contributed by atoms with Crippen LogP contribution in [0.3, 0.4) is 0 Å². The Kier molecular flexibility index (Phi) is 2.12. The molecule has 1 heterocycles. The van der Waals surface area contributed by atoms with Gasteiger partial charge in [0.25, 0.3) is 0 Å². The van der Waals surface area contributed by atoms with Gasteiger partial charge < -0.3 is 5.32 Å². The van der Waals surface area contributed by atoms with Crippen LogP contribution in [0.1, 0.15) is 20.3 Å². The molecule has 0 aromatic rings. The van der Waals surface area contributed by atoms with Gasteiger partial charge in [-0.25, -0.2) is 4.79 Å². The molecule has 62 valence electrons. The van der Waals surface area contributed by atoms with Crippen molar-refractivity contribution in [3.63, 3.8) is 0 Å². The Morgan fingerprint density at radius 2 is 2.27 bits per heavy atom. The van der Waals surface area contributed by atoms with Gasteiger partial charge in [0.2, 0.25) is 5.91 Å². The Morgan fingerprint density at radius 3 is 2.73 bits per heavy atom. The lowest BCUT2D eigenvalue weighted by Crippen LogP contribution is -2.53. The maximum absolute atomic E-state index is 11.1. The Morgan fingerprint density at radius 1 is 1.64 bits per heavy atom. The molecule has 0 saturated carbocycles. The summed E-state index contributed by atoms with van der Waals surface area (Å²) in [7, 11) is 0. The van der Waals surface area contributed by atoms with E-state index in [2.05, 4.69) is 5.32 Å². The van der Waals surface area contributed by atoms with Crippen molar-refractivity contribution in [2.45, 2.75) is 26.3 Å². The standard InChI is InChI=1S/C7H12N2O2/c1-3-9-6(10)4-5(2)8-7(9)11/h5H,3-4H2,1-2H3,(H,8,11). The highest BCUT2D eigenvalue weighted by Crippen LogP contribution is 2.05. The highest BCUT2D eigenvalue weighted by Gasteiger charge is 2.27. The van der Waals surface area contributed by atoms with Crippen molar-refractivity contribution >= 4 is 11.9 Å². The van der Waals surface area contributed by atoms with Crippen LogP contribution in [0.4, 0.5) is 4.79 Å². The van der Waals surface area contributed by atoms with Crippen LogP contribution in [0.2, 0.25) is 0 Å². The second-order valence-corrected chi connectivity index (χ2v) is 2.69. The normalized spacial score (nSPS) is 25.3. The fourth-order valence-corrected chi connectivity index (χ4v) is 1.15. The molecule has 0 spiro atoms. The van der Waals surface area contributed by atoms with E-state index >= 15 is 0 Å². The van der Waals surface area contributed by atoms with Gasteiger partial charge in [0.15, 0.2) is 0 Å². The van der Waals surface area contributed by atoms with Gasteiger partial charge >= 0.3 is 6.03 Å². The SMILES string of the molecule is CCN1C(=O)CC(C)NC1=O. The minimum atomic E-state index is -0.267. The van der Waals surface area contributed by atoms with Gasteiger partial charge in [-0.3, -0.25) is 9.69 Å². The number of carbonyl (C=O) groups is 2. The molecular formula is C7H12N2O2. The molecule has 0 aromatic carbocycles. The van der Waals surface area contributed by atoms with Crippen molar-refractivity contribution in [1.82, 2.24) is 10.2 Å². The summed E-state index contributed by atoms with van der Waals surface area (Å²) >= 11 is 0. The van der Waals surface area contributed by atoms with E-state index in [-0.39, 0.29) is 18.0 Å². The van der Waals surface area contributed by atoms with Gasteiger partial charge in [-0.2, -0.15) is 0 Å². The fourth-order valence-electron chi connectivity index (χ4n) is 1.15. The lowest BCUT2D eigenvalue weighted by Gasteiger charge is -2.28. The third-order valence-electron chi connectivity index (χ3n) is 1.71. The van der Waals surface area contributed by atoms with E-state index in [0.29, 0.717) is 13.0 Å². The highest BCUT2D eigenvalue weighted by atomic mass is 16.2. The second kappa shape index (κ2) is 2.90. The number of nitrogens with zero attached hydrogens (tertiary/aromatic N) is 1. The van der Waals surface area contributed by atoms with Gasteiger partial charge in [0.05, 0.1) is 0 Å². The molecule has 1 rings (SSSR count). The van der Waals surface area contributed by atoms with Crippen molar-refractivity contribution in [2.24, 2.45) is 0 Å². The number of carbonyl (C=O) groups excluding carboxylic acids is 2. The van der Waals surface area contributed by atoms with Crippen LogP contribution in [-0.2, 0) is 4.79 Å². The topological polar surface area (TPSA) is 49.4 Å². The summed E-state index contributed by atoms with van der Waals surface area (Å²) in [5.41, 5.74) is 0. The quantitative estimate of drug-likeness (QED) is 0.595. The molecule has 3 amide bonds. The number of urea groups is 1. The van der Waals surface area contributed by atoms with E-state index in [9.17, 15) is 9.59 Å². The first-order valence-corrected chi connectivity index (χ1v) is 3.76. The van der Waals surface area contributed by atoms with Gasteiger partial charge in [0.1, 0.15) is 0 Å². The van der Waals surface area contributed by atoms with Gasteiger partial charge in [-0.1, -0.05) is 0 Å². The molecule has 0 bridgehead atoms. The zero-order chi connectivity index (χ0) is 8.43. The molecule has 1 aliphatic heterocycles. The highest BCUT2D eigenvalue weighted by molar-refractivity contribution is 5.97. The summed E-state index contributed by atoms with van der Waals surface area (Å²) in [6, 6.07) is -0.283. The molecule has 4 heteroatoms. The molecule has 0 aliphatic carbocycles. The molecule has 4 nitrogen and oxygen atoms in total. The minimum absolute atomic E-state index is 0.0159. The molecule has 1 N–H and O–H groups in total. The van der Waals surface area contributed by atoms with Crippen LogP contribution < -0.4 is 5.32 Å². The molecule has 1 fully saturated rings. The summed E-state index contributed by atoms with van der Waals surface area (Å²) in [4.78, 5) is 23.4. The molecule has 1 aliphatic rings. The van der Waals surface area contributed by atoms with Crippen molar-refractivity contribution < 1.29 is 9.59 Å². The minimum Gasteiger partial charge on any atom is -0.335 e. The van der Waals surface area contributed by atoms with Gasteiger partial charge in [0, 0.05) is 19.0 Å². The zero-order valence-electron chi connectivity index (χ0n) is 6.76. The van der Waals surface area contributed by atoms with Crippen molar-refractivity contribution in [3.8, 4) is 0 Å². The first-order valence-electron chi connectivity index (χ1n) is 3.76. The lowest BCUT2D eigenvalue weighted by atomic mass is 10.2. The summed E-state index contributed by atoms with van der Waals surface area (Å²) < 4.78 is 0. The average Bonchev–Trinajstić information content (AvgIpc) is 1.85. The first kappa shape index (κ1) is 8.04. The maximum atomic E-state index is 11.1. The summed E-state index contributed by atoms with van der Waals surface area (Å²) in [6.07, 6.45) is 0.416. The Labute approximate surface area is 65.6 Å². The van der Waals surface area contributed by atoms with E-state index in [0.717, 1.165) is 0 Å². The zero-order valence-corrected chi connectivity index (χ0v) is 6.76. The van der Waals surface area contributed by atoms with Gasteiger partial charge in [-0.05, 0) is 13.8 Å². The Balaban J connectivity index is 2.67. The van der Waals surface area contributed by atoms with E-state index in [1.165, 1.54) is 4.90 Å². The van der Waals surface area contributed by atoms with Crippen LogP contribution >= 0.6 is 0 Å². The van der Waals surface area contributed by atoms with Crippen LogP contribution in [0.25, 0.3) is 0 Å². The molecule has 0 aromatic heterocycles. The van der Waals surface area contributed by atoms with E-state index in [1.807, 2.05) is 6.92 Å². The lowest BCUT2D eigenvalue weighted by molar-refractivity contribution is -0.129. The number of rotatable bonds is 1. The van der Waals surface area contributed by atoms with E-state index in [4.69, 9.17) is 0 Å². The summed E-state index contributed by atoms with van der Waals surface area (Å²) in [5, 5.41) is 2.68. The number of imide groups is 1. The van der Waals surface area contributed by atoms with Crippen molar-refractivity contribution in [2.75, 3.05) is 6.54 Å². The summed E-state index contributed by atoms with van der Waals surface area (Å²) in [6.45, 7) is 4.06.